The molecule has 1 saturated carbocycles. The quantitative estimate of drug-likeness (QED) is 0.854. The Morgan fingerprint density at radius 2 is 1.90 bits per heavy atom. The van der Waals surface area contributed by atoms with E-state index >= 15 is 0 Å². The third-order valence-corrected chi connectivity index (χ3v) is 6.63. The Hall–Kier alpha value is -1.14. The molecule has 21 heavy (non-hydrogen) atoms. The second-order valence-electron chi connectivity index (χ2n) is 5.98. The normalized spacial score (nSPS) is 22.0. The summed E-state index contributed by atoms with van der Waals surface area (Å²) in [5, 5.41) is -0.177. The van der Waals surface area contributed by atoms with Gasteiger partial charge in [-0.1, -0.05) is 25.3 Å². The van der Waals surface area contributed by atoms with E-state index in [4.69, 9.17) is 4.74 Å². The van der Waals surface area contributed by atoms with E-state index in [0.717, 1.165) is 37.8 Å². The minimum atomic E-state index is -3.13. The lowest BCUT2D eigenvalue weighted by molar-refractivity contribution is 0.0709. The lowest BCUT2D eigenvalue weighted by Gasteiger charge is -2.40. The van der Waals surface area contributed by atoms with E-state index in [1.165, 1.54) is 0 Å². The Kier molecular flexibility index (Phi) is 4.17. The van der Waals surface area contributed by atoms with Crippen LogP contribution in [0.2, 0.25) is 0 Å². The topological polar surface area (TPSA) is 59.5 Å². The van der Waals surface area contributed by atoms with Crippen molar-refractivity contribution in [3.8, 4) is 5.88 Å². The summed E-state index contributed by atoms with van der Waals surface area (Å²) < 4.78 is 32.2. The molecule has 1 aromatic rings. The van der Waals surface area contributed by atoms with Gasteiger partial charge in [-0.15, -0.1) is 0 Å². The lowest BCUT2D eigenvalue weighted by atomic mass is 10.0. The molecule has 0 N–H and O–H groups in total. The van der Waals surface area contributed by atoms with E-state index in [1.807, 2.05) is 25.1 Å². The molecule has 1 saturated heterocycles. The summed E-state index contributed by atoms with van der Waals surface area (Å²) in [5.41, 5.74) is 0.901. The molecule has 5 nitrogen and oxygen atoms in total. The van der Waals surface area contributed by atoms with Crippen molar-refractivity contribution < 1.29 is 13.2 Å². The Labute approximate surface area is 126 Å². The number of rotatable bonds is 4. The van der Waals surface area contributed by atoms with Crippen LogP contribution in [0.25, 0.3) is 0 Å². The highest BCUT2D eigenvalue weighted by Gasteiger charge is 2.41. The molecule has 2 aliphatic rings. The van der Waals surface area contributed by atoms with Crippen LogP contribution in [0.5, 0.6) is 5.88 Å². The van der Waals surface area contributed by atoms with Crippen molar-refractivity contribution in [1.82, 2.24) is 9.29 Å². The number of pyridine rings is 1. The average molecular weight is 310 g/mol. The summed E-state index contributed by atoms with van der Waals surface area (Å²) in [7, 11) is -3.13. The lowest BCUT2D eigenvalue weighted by Crippen LogP contribution is -2.58. The van der Waals surface area contributed by atoms with Crippen LogP contribution in [0.4, 0.5) is 0 Å². The maximum Gasteiger partial charge on any atom is 0.217 e. The fraction of sp³-hybridized carbons (Fsp3) is 0.667. The molecule has 3 rings (SSSR count). The molecular weight excluding hydrogens is 288 g/mol. The van der Waals surface area contributed by atoms with Gasteiger partial charge in [0, 0.05) is 11.8 Å². The van der Waals surface area contributed by atoms with E-state index in [2.05, 4.69) is 4.98 Å². The number of aromatic nitrogens is 1. The Morgan fingerprint density at radius 3 is 2.57 bits per heavy atom. The number of hydrogen-bond acceptors (Lipinski definition) is 4. The van der Waals surface area contributed by atoms with Crippen LogP contribution in [-0.2, 0) is 10.0 Å². The van der Waals surface area contributed by atoms with Gasteiger partial charge in [-0.25, -0.2) is 13.4 Å². The first kappa shape index (κ1) is 14.8. The zero-order chi connectivity index (χ0) is 14.9. The van der Waals surface area contributed by atoms with Gasteiger partial charge in [-0.05, 0) is 25.8 Å². The minimum absolute atomic E-state index is 0.0716. The van der Waals surface area contributed by atoms with E-state index in [0.29, 0.717) is 19.0 Å². The van der Waals surface area contributed by atoms with Crippen LogP contribution in [0.1, 0.15) is 37.8 Å². The van der Waals surface area contributed by atoms with Crippen LogP contribution in [0, 0.1) is 6.92 Å². The molecule has 116 valence electrons. The third kappa shape index (κ3) is 3.21. The molecule has 0 aromatic carbocycles. The second kappa shape index (κ2) is 5.93. The predicted molar refractivity (Wildman–Crippen MR) is 80.8 cm³/mol. The number of aryl methyl sites for hydroxylation is 1. The summed E-state index contributed by atoms with van der Waals surface area (Å²) in [6.45, 7) is 2.82. The van der Waals surface area contributed by atoms with Crippen LogP contribution in [0.3, 0.4) is 0 Å². The van der Waals surface area contributed by atoms with Crippen molar-refractivity contribution in [2.45, 2.75) is 50.4 Å². The maximum absolute atomic E-state index is 12.5. The van der Waals surface area contributed by atoms with Gasteiger partial charge in [-0.3, -0.25) is 0 Å². The van der Waals surface area contributed by atoms with Crippen molar-refractivity contribution in [1.29, 1.82) is 0 Å². The van der Waals surface area contributed by atoms with Crippen molar-refractivity contribution >= 4 is 10.0 Å². The van der Waals surface area contributed by atoms with Crippen LogP contribution < -0.4 is 4.74 Å². The first-order valence-electron chi connectivity index (χ1n) is 7.65. The Morgan fingerprint density at radius 1 is 1.19 bits per heavy atom. The van der Waals surface area contributed by atoms with Crippen molar-refractivity contribution in [3.63, 3.8) is 0 Å². The SMILES string of the molecule is Cc1cccc(OC2CN(S(=O)(=O)C3CCCCC3)C2)n1. The van der Waals surface area contributed by atoms with E-state index in [9.17, 15) is 8.42 Å². The minimum Gasteiger partial charge on any atom is -0.472 e. The molecule has 0 unspecified atom stereocenters. The van der Waals surface area contributed by atoms with Gasteiger partial charge in [0.15, 0.2) is 0 Å². The van der Waals surface area contributed by atoms with Gasteiger partial charge in [-0.2, -0.15) is 4.31 Å². The molecule has 2 fully saturated rings. The maximum atomic E-state index is 12.5. The second-order valence-corrected chi connectivity index (χ2v) is 8.19. The predicted octanol–water partition coefficient (Wildman–Crippen LogP) is 2.12. The molecule has 2 heterocycles. The summed E-state index contributed by atoms with van der Waals surface area (Å²) >= 11 is 0. The number of nitrogens with zero attached hydrogens (tertiary/aromatic N) is 2. The smallest absolute Gasteiger partial charge is 0.217 e. The first-order chi connectivity index (χ1) is 10.1. The van der Waals surface area contributed by atoms with E-state index in [-0.39, 0.29) is 11.4 Å². The van der Waals surface area contributed by atoms with Crippen LogP contribution in [-0.4, -0.2) is 42.2 Å². The van der Waals surface area contributed by atoms with Crippen molar-refractivity contribution in [3.05, 3.63) is 23.9 Å². The number of ether oxygens (including phenoxy) is 1. The molecule has 6 heteroatoms. The van der Waals surface area contributed by atoms with Crippen LogP contribution in [0.15, 0.2) is 18.2 Å². The molecule has 0 bridgehead atoms. The van der Waals surface area contributed by atoms with Gasteiger partial charge in [0.2, 0.25) is 15.9 Å². The Balaban J connectivity index is 1.55. The number of sulfonamides is 1. The standard InChI is InChI=1S/C15H22N2O3S/c1-12-6-5-9-15(16-12)20-13-10-17(11-13)21(18,19)14-7-3-2-4-8-14/h5-6,9,13-14H,2-4,7-8,10-11H2,1H3. The molecule has 1 aliphatic heterocycles. The molecule has 1 aliphatic carbocycles. The largest absolute Gasteiger partial charge is 0.472 e. The third-order valence-electron chi connectivity index (χ3n) is 4.30. The molecule has 0 spiro atoms. The van der Waals surface area contributed by atoms with Crippen LogP contribution >= 0.6 is 0 Å². The van der Waals surface area contributed by atoms with Gasteiger partial charge < -0.3 is 4.74 Å². The van der Waals surface area contributed by atoms with E-state index < -0.39 is 10.0 Å². The molecular formula is C15H22N2O3S. The van der Waals surface area contributed by atoms with E-state index in [1.54, 1.807) is 4.31 Å². The average Bonchev–Trinajstić information content (AvgIpc) is 2.43. The monoisotopic (exact) mass is 310 g/mol. The highest BCUT2D eigenvalue weighted by molar-refractivity contribution is 7.89. The molecule has 0 atom stereocenters. The fourth-order valence-corrected chi connectivity index (χ4v) is 5.11. The summed E-state index contributed by atoms with van der Waals surface area (Å²) in [4.78, 5) is 4.28. The Bertz CT molecular complexity index is 591. The first-order valence-corrected chi connectivity index (χ1v) is 9.15. The zero-order valence-electron chi connectivity index (χ0n) is 12.4. The van der Waals surface area contributed by atoms with Crippen molar-refractivity contribution in [2.24, 2.45) is 0 Å². The van der Waals surface area contributed by atoms with Gasteiger partial charge in [0.1, 0.15) is 6.10 Å². The number of hydrogen-bond donors (Lipinski definition) is 0. The summed E-state index contributed by atoms with van der Waals surface area (Å²) in [6, 6.07) is 5.62. The van der Waals surface area contributed by atoms with Gasteiger partial charge in [0.25, 0.3) is 0 Å². The van der Waals surface area contributed by atoms with Gasteiger partial charge >= 0.3 is 0 Å². The summed E-state index contributed by atoms with van der Waals surface area (Å²) in [5.74, 6) is 0.578. The summed E-state index contributed by atoms with van der Waals surface area (Å²) in [6.07, 6.45) is 4.78. The van der Waals surface area contributed by atoms with Crippen molar-refractivity contribution in [2.75, 3.05) is 13.1 Å². The fourth-order valence-electron chi connectivity index (χ4n) is 3.01. The zero-order valence-corrected chi connectivity index (χ0v) is 13.2. The molecule has 1 aromatic heterocycles. The van der Waals surface area contributed by atoms with Gasteiger partial charge in [0.05, 0.1) is 18.3 Å². The molecule has 0 amide bonds. The highest BCUT2D eigenvalue weighted by Crippen LogP contribution is 2.29. The molecule has 0 radical (unpaired) electrons. The highest BCUT2D eigenvalue weighted by atomic mass is 32.2.